The van der Waals surface area contributed by atoms with Crippen LogP contribution in [0.25, 0.3) is 0 Å². The van der Waals surface area contributed by atoms with Gasteiger partial charge in [0.15, 0.2) is 0 Å². The van der Waals surface area contributed by atoms with Gasteiger partial charge in [-0.25, -0.2) is 0 Å². The Balaban J connectivity index is 3.91. The van der Waals surface area contributed by atoms with Gasteiger partial charge in [-0.05, 0) is 32.4 Å². The molecule has 0 aliphatic heterocycles. The summed E-state index contributed by atoms with van der Waals surface area (Å²) in [5.41, 5.74) is 5.69. The number of nitrogens with zero attached hydrogens (tertiary/aromatic N) is 2. The normalized spacial score (nSPS) is 15.6. The SMILES string of the molecule is CC(C#N)CN(C)CC(CN)C(C)C. The molecular weight excluding hydrogens is 174 g/mol. The predicted octanol–water partition coefficient (Wildman–Crippen LogP) is 1.31. The van der Waals surface area contributed by atoms with E-state index in [9.17, 15) is 0 Å². The second kappa shape index (κ2) is 6.80. The van der Waals surface area contributed by atoms with E-state index < -0.39 is 0 Å². The first-order valence-corrected chi connectivity index (χ1v) is 5.29. The maximum Gasteiger partial charge on any atom is 0.0666 e. The molecule has 3 heteroatoms. The van der Waals surface area contributed by atoms with Gasteiger partial charge in [0.1, 0.15) is 0 Å². The van der Waals surface area contributed by atoms with E-state index in [1.165, 1.54) is 0 Å². The minimum absolute atomic E-state index is 0.102. The van der Waals surface area contributed by atoms with E-state index >= 15 is 0 Å². The zero-order valence-corrected chi connectivity index (χ0v) is 9.83. The average Bonchev–Trinajstić information content (AvgIpc) is 2.13. The second-order valence-corrected chi connectivity index (χ2v) is 4.49. The van der Waals surface area contributed by atoms with E-state index in [1.54, 1.807) is 0 Å². The van der Waals surface area contributed by atoms with E-state index in [0.717, 1.165) is 19.6 Å². The minimum atomic E-state index is 0.102. The number of nitriles is 1. The standard InChI is InChI=1S/C11H23N3/c1-9(2)11(6-13)8-14(4)7-10(3)5-12/h9-11H,6-8,13H2,1-4H3. The molecule has 0 bridgehead atoms. The number of hydrogen-bond acceptors (Lipinski definition) is 3. The van der Waals surface area contributed by atoms with Crippen LogP contribution in [0.3, 0.4) is 0 Å². The summed E-state index contributed by atoms with van der Waals surface area (Å²) in [6, 6.07) is 2.24. The molecular formula is C11H23N3. The van der Waals surface area contributed by atoms with Gasteiger partial charge >= 0.3 is 0 Å². The van der Waals surface area contributed by atoms with Crippen molar-refractivity contribution in [2.24, 2.45) is 23.5 Å². The molecule has 14 heavy (non-hydrogen) atoms. The monoisotopic (exact) mass is 197 g/mol. The molecule has 2 unspecified atom stereocenters. The number of rotatable bonds is 6. The van der Waals surface area contributed by atoms with Crippen molar-refractivity contribution < 1.29 is 0 Å². The fourth-order valence-electron chi connectivity index (χ4n) is 1.54. The molecule has 0 amide bonds. The Labute approximate surface area is 87.9 Å². The fourth-order valence-corrected chi connectivity index (χ4v) is 1.54. The highest BCUT2D eigenvalue weighted by molar-refractivity contribution is 4.81. The lowest BCUT2D eigenvalue weighted by atomic mass is 9.95. The lowest BCUT2D eigenvalue weighted by Crippen LogP contribution is -2.35. The smallest absolute Gasteiger partial charge is 0.0666 e. The molecule has 0 radical (unpaired) electrons. The molecule has 0 rings (SSSR count). The molecule has 2 N–H and O–H groups in total. The van der Waals surface area contributed by atoms with Crippen molar-refractivity contribution in [2.75, 3.05) is 26.7 Å². The van der Waals surface area contributed by atoms with Crippen LogP contribution in [0.1, 0.15) is 20.8 Å². The van der Waals surface area contributed by atoms with E-state index in [0.29, 0.717) is 11.8 Å². The van der Waals surface area contributed by atoms with Crippen LogP contribution in [0, 0.1) is 29.1 Å². The molecule has 0 aromatic carbocycles. The molecule has 0 spiro atoms. The third-order valence-electron chi connectivity index (χ3n) is 2.60. The van der Waals surface area contributed by atoms with Crippen molar-refractivity contribution in [1.29, 1.82) is 5.26 Å². The van der Waals surface area contributed by atoms with Gasteiger partial charge < -0.3 is 10.6 Å². The molecule has 0 aliphatic rings. The van der Waals surface area contributed by atoms with E-state index in [1.807, 2.05) is 6.92 Å². The third kappa shape index (κ3) is 5.21. The zero-order chi connectivity index (χ0) is 11.1. The lowest BCUT2D eigenvalue weighted by molar-refractivity contribution is 0.229. The van der Waals surface area contributed by atoms with Gasteiger partial charge in [0, 0.05) is 13.1 Å². The third-order valence-corrected chi connectivity index (χ3v) is 2.60. The Morgan fingerprint density at radius 3 is 2.21 bits per heavy atom. The highest BCUT2D eigenvalue weighted by Crippen LogP contribution is 2.11. The van der Waals surface area contributed by atoms with Gasteiger partial charge in [-0.15, -0.1) is 0 Å². The van der Waals surface area contributed by atoms with Crippen LogP contribution in [0.4, 0.5) is 0 Å². The summed E-state index contributed by atoms with van der Waals surface area (Å²) in [6.45, 7) is 8.88. The summed E-state index contributed by atoms with van der Waals surface area (Å²) < 4.78 is 0. The first kappa shape index (κ1) is 13.4. The summed E-state index contributed by atoms with van der Waals surface area (Å²) in [7, 11) is 2.05. The van der Waals surface area contributed by atoms with Crippen LogP contribution in [0.5, 0.6) is 0 Å². The summed E-state index contributed by atoms with van der Waals surface area (Å²) in [5.74, 6) is 1.25. The Hall–Kier alpha value is -0.590. The largest absolute Gasteiger partial charge is 0.330 e. The van der Waals surface area contributed by atoms with Crippen molar-refractivity contribution >= 4 is 0 Å². The number of nitrogens with two attached hydrogens (primary N) is 1. The van der Waals surface area contributed by atoms with Crippen molar-refractivity contribution in [2.45, 2.75) is 20.8 Å². The van der Waals surface area contributed by atoms with Crippen LogP contribution in [0.2, 0.25) is 0 Å². The summed E-state index contributed by atoms with van der Waals surface area (Å²) in [4.78, 5) is 2.20. The van der Waals surface area contributed by atoms with Gasteiger partial charge in [0.25, 0.3) is 0 Å². The minimum Gasteiger partial charge on any atom is -0.330 e. The number of hydrogen-bond donors (Lipinski definition) is 1. The molecule has 0 saturated carbocycles. The van der Waals surface area contributed by atoms with Crippen molar-refractivity contribution in [3.8, 4) is 6.07 Å². The quantitative estimate of drug-likeness (QED) is 0.698. The zero-order valence-electron chi connectivity index (χ0n) is 9.83. The fraction of sp³-hybridized carbons (Fsp3) is 0.909. The van der Waals surface area contributed by atoms with E-state index in [4.69, 9.17) is 11.0 Å². The lowest BCUT2D eigenvalue weighted by Gasteiger charge is -2.26. The maximum absolute atomic E-state index is 8.68. The van der Waals surface area contributed by atoms with Crippen LogP contribution in [-0.4, -0.2) is 31.6 Å². The van der Waals surface area contributed by atoms with Crippen LogP contribution in [-0.2, 0) is 0 Å². The van der Waals surface area contributed by atoms with Crippen LogP contribution < -0.4 is 5.73 Å². The Morgan fingerprint density at radius 2 is 1.86 bits per heavy atom. The van der Waals surface area contributed by atoms with Crippen molar-refractivity contribution in [1.82, 2.24) is 4.90 Å². The van der Waals surface area contributed by atoms with Crippen molar-refractivity contribution in [3.05, 3.63) is 0 Å². The van der Waals surface area contributed by atoms with Crippen molar-refractivity contribution in [3.63, 3.8) is 0 Å². The van der Waals surface area contributed by atoms with Gasteiger partial charge in [-0.2, -0.15) is 5.26 Å². The summed E-state index contributed by atoms with van der Waals surface area (Å²) in [5, 5.41) is 8.68. The molecule has 0 aromatic rings. The Bertz CT molecular complexity index is 183. The van der Waals surface area contributed by atoms with Gasteiger partial charge in [0.2, 0.25) is 0 Å². The van der Waals surface area contributed by atoms with Gasteiger partial charge in [0.05, 0.1) is 12.0 Å². The van der Waals surface area contributed by atoms with Gasteiger partial charge in [-0.3, -0.25) is 0 Å². The van der Waals surface area contributed by atoms with Crippen LogP contribution >= 0.6 is 0 Å². The molecule has 0 saturated heterocycles. The molecule has 0 aliphatic carbocycles. The average molecular weight is 197 g/mol. The first-order valence-electron chi connectivity index (χ1n) is 5.29. The molecule has 2 atom stereocenters. The topological polar surface area (TPSA) is 53.0 Å². The Morgan fingerprint density at radius 1 is 1.29 bits per heavy atom. The molecule has 0 fully saturated rings. The Kier molecular flexibility index (Phi) is 6.52. The summed E-state index contributed by atoms with van der Waals surface area (Å²) in [6.07, 6.45) is 0. The second-order valence-electron chi connectivity index (χ2n) is 4.49. The van der Waals surface area contributed by atoms with Gasteiger partial charge in [-0.1, -0.05) is 13.8 Å². The maximum atomic E-state index is 8.68. The highest BCUT2D eigenvalue weighted by atomic mass is 15.1. The summed E-state index contributed by atoms with van der Waals surface area (Å²) >= 11 is 0. The molecule has 0 heterocycles. The first-order chi connectivity index (χ1) is 6.51. The van der Waals surface area contributed by atoms with E-state index in [2.05, 4.69) is 31.9 Å². The van der Waals surface area contributed by atoms with E-state index in [-0.39, 0.29) is 5.92 Å². The van der Waals surface area contributed by atoms with Crippen LogP contribution in [0.15, 0.2) is 0 Å². The molecule has 82 valence electrons. The molecule has 3 nitrogen and oxygen atoms in total. The predicted molar refractivity (Wildman–Crippen MR) is 59.7 cm³/mol. The molecule has 0 aromatic heterocycles. The highest BCUT2D eigenvalue weighted by Gasteiger charge is 2.14.